The van der Waals surface area contributed by atoms with E-state index < -0.39 is 51.8 Å². The second kappa shape index (κ2) is 30.0. The topological polar surface area (TPSA) is 202 Å². The smallest absolute Gasteiger partial charge is 0.311 e. The van der Waals surface area contributed by atoms with E-state index in [0.29, 0.717) is 19.4 Å². The van der Waals surface area contributed by atoms with Gasteiger partial charge in [0.2, 0.25) is 5.96 Å². The Morgan fingerprint density at radius 1 is 0.552 bits per heavy atom. The highest BCUT2D eigenvalue weighted by molar-refractivity contribution is 5.84. The largest absolute Gasteiger partial charge is 0.469 e. The summed E-state index contributed by atoms with van der Waals surface area (Å²) in [6.07, 6.45) is 20.7. The number of nitrogens with one attached hydrogen (secondary N) is 1. The summed E-state index contributed by atoms with van der Waals surface area (Å²) in [5.41, 5.74) is 7.95. The fourth-order valence-corrected chi connectivity index (χ4v) is 7.92. The number of carbonyl (C=O) groups is 4. The van der Waals surface area contributed by atoms with Gasteiger partial charge in [-0.1, -0.05) is 124 Å². The highest BCUT2D eigenvalue weighted by Gasteiger charge is 2.53. The molecule has 6 N–H and O–H groups in total. The molecule has 0 bridgehead atoms. The maximum absolute atomic E-state index is 14.0. The van der Waals surface area contributed by atoms with Gasteiger partial charge in [0.05, 0.1) is 48.6 Å². The Morgan fingerprint density at radius 3 is 1.41 bits per heavy atom. The first kappa shape index (κ1) is 54.9. The SMILES string of the molecule is CCCCCCCCCCCCCCCCCCOC(=O)C(C)(C)CC(C)(CC(C)(CC(C)(CC)C(=O)OCCC(O)NN=C(N)N)C(=O)OC)C(=O)OCCCC. The molecule has 13 nitrogen and oxygen atoms in total. The van der Waals surface area contributed by atoms with Crippen LogP contribution in [0.2, 0.25) is 0 Å². The van der Waals surface area contributed by atoms with Crippen LogP contribution in [0.5, 0.6) is 0 Å². The first-order valence-corrected chi connectivity index (χ1v) is 22.5. The van der Waals surface area contributed by atoms with Gasteiger partial charge in [-0.3, -0.25) is 24.6 Å². The van der Waals surface area contributed by atoms with E-state index in [-0.39, 0.29) is 44.9 Å². The Morgan fingerprint density at radius 2 is 0.948 bits per heavy atom. The molecular weight excluding hydrogens is 741 g/mol. The fourth-order valence-electron chi connectivity index (χ4n) is 7.92. The van der Waals surface area contributed by atoms with E-state index in [1.54, 1.807) is 34.6 Å². The van der Waals surface area contributed by atoms with Crippen molar-refractivity contribution >= 4 is 29.8 Å². The zero-order valence-electron chi connectivity index (χ0n) is 38.3. The van der Waals surface area contributed by atoms with Crippen molar-refractivity contribution in [3.8, 4) is 0 Å². The van der Waals surface area contributed by atoms with Crippen LogP contribution in [0, 0.1) is 21.7 Å². The van der Waals surface area contributed by atoms with Crippen molar-refractivity contribution in [2.45, 2.75) is 209 Å². The van der Waals surface area contributed by atoms with E-state index >= 15 is 0 Å². The molecular formula is C45H86N4O9. The van der Waals surface area contributed by atoms with Gasteiger partial charge in [0, 0.05) is 6.42 Å². The monoisotopic (exact) mass is 827 g/mol. The van der Waals surface area contributed by atoms with Crippen LogP contribution >= 0.6 is 0 Å². The number of carbonyl (C=O) groups excluding carboxylic acids is 4. The summed E-state index contributed by atoms with van der Waals surface area (Å²) in [4.78, 5) is 54.7. The molecule has 0 aromatic carbocycles. The number of esters is 4. The molecule has 0 amide bonds. The van der Waals surface area contributed by atoms with E-state index in [9.17, 15) is 24.3 Å². The zero-order chi connectivity index (χ0) is 44.1. The van der Waals surface area contributed by atoms with Gasteiger partial charge >= 0.3 is 23.9 Å². The maximum Gasteiger partial charge on any atom is 0.311 e. The minimum absolute atomic E-state index is 0.00289. The lowest BCUT2D eigenvalue weighted by atomic mass is 9.61. The first-order valence-electron chi connectivity index (χ1n) is 22.5. The van der Waals surface area contributed by atoms with Crippen molar-refractivity contribution in [2.24, 2.45) is 38.2 Å². The van der Waals surface area contributed by atoms with Crippen LogP contribution in [-0.4, -0.2) is 68.1 Å². The molecule has 4 unspecified atom stereocenters. The lowest BCUT2D eigenvalue weighted by molar-refractivity contribution is -0.171. The van der Waals surface area contributed by atoms with E-state index in [4.69, 9.17) is 30.4 Å². The molecule has 0 aliphatic rings. The molecule has 0 heterocycles. The minimum Gasteiger partial charge on any atom is -0.469 e. The highest BCUT2D eigenvalue weighted by atomic mass is 16.5. The van der Waals surface area contributed by atoms with E-state index in [1.165, 1.54) is 90.6 Å². The number of unbranched alkanes of at least 4 members (excludes halogenated alkanes) is 16. The Kier molecular flexibility index (Phi) is 28.4. The van der Waals surface area contributed by atoms with E-state index in [1.807, 2.05) is 13.8 Å². The van der Waals surface area contributed by atoms with Gasteiger partial charge in [0.1, 0.15) is 6.23 Å². The molecule has 0 aliphatic heterocycles. The summed E-state index contributed by atoms with van der Waals surface area (Å²) in [5.74, 6) is -2.39. The lowest BCUT2D eigenvalue weighted by Gasteiger charge is -2.42. The van der Waals surface area contributed by atoms with Crippen LogP contribution in [0.1, 0.15) is 203 Å². The van der Waals surface area contributed by atoms with Crippen LogP contribution in [0.3, 0.4) is 0 Å². The van der Waals surface area contributed by atoms with Gasteiger partial charge in [-0.05, 0) is 73.1 Å². The number of hydrogen-bond donors (Lipinski definition) is 4. The van der Waals surface area contributed by atoms with Crippen molar-refractivity contribution in [1.29, 1.82) is 0 Å². The zero-order valence-corrected chi connectivity index (χ0v) is 38.3. The standard InChI is InChI=1S/C45H86N4O9/c1-10-13-15-16-17-18-19-20-21-22-23-24-25-26-27-28-31-56-37(51)42(4,5)33-44(7,40(54)57-30-14-11-2)35-45(8,38(52)55-9)34-43(6,12-3)39(53)58-32-29-36(50)48-49-41(46)47/h36,48,50H,10-35H2,1-9H3,(H4,46,47,49). The molecule has 0 aromatic rings. The molecule has 13 heteroatoms. The number of ether oxygens (including phenoxy) is 4. The number of hydrogen-bond acceptors (Lipinski definition) is 11. The quantitative estimate of drug-likeness (QED) is 0.00890. The van der Waals surface area contributed by atoms with Gasteiger partial charge in [0.25, 0.3) is 0 Å². The van der Waals surface area contributed by atoms with Crippen molar-refractivity contribution in [3.05, 3.63) is 0 Å². The Balaban J connectivity index is 5.43. The molecule has 0 spiro atoms. The maximum atomic E-state index is 14.0. The number of nitrogens with two attached hydrogens (primary N) is 2. The van der Waals surface area contributed by atoms with Gasteiger partial charge in [0.15, 0.2) is 0 Å². The van der Waals surface area contributed by atoms with Crippen LogP contribution in [-0.2, 0) is 38.1 Å². The Hall–Kier alpha value is -3.09. The van der Waals surface area contributed by atoms with Crippen molar-refractivity contribution in [1.82, 2.24) is 5.43 Å². The number of aliphatic hydroxyl groups excluding tert-OH is 1. The third-order valence-electron chi connectivity index (χ3n) is 11.3. The number of nitrogens with zero attached hydrogens (tertiary/aromatic N) is 1. The van der Waals surface area contributed by atoms with E-state index in [2.05, 4.69) is 17.5 Å². The summed E-state index contributed by atoms with van der Waals surface area (Å²) >= 11 is 0. The summed E-state index contributed by atoms with van der Waals surface area (Å²) in [7, 11) is 1.27. The average Bonchev–Trinajstić information content (AvgIpc) is 3.17. The third kappa shape index (κ3) is 22.9. The molecule has 340 valence electrons. The van der Waals surface area contributed by atoms with Crippen molar-refractivity contribution in [3.63, 3.8) is 0 Å². The second-order valence-corrected chi connectivity index (χ2v) is 18.0. The fraction of sp³-hybridized carbons (Fsp3) is 0.889. The molecule has 0 rings (SSSR count). The van der Waals surface area contributed by atoms with E-state index in [0.717, 1.165) is 25.7 Å². The average molecular weight is 827 g/mol. The molecule has 4 atom stereocenters. The third-order valence-corrected chi connectivity index (χ3v) is 11.3. The predicted octanol–water partition coefficient (Wildman–Crippen LogP) is 8.96. The van der Waals surface area contributed by atoms with Crippen LogP contribution in [0.4, 0.5) is 0 Å². The molecule has 0 aliphatic carbocycles. The number of aliphatic hydroxyl groups is 1. The highest BCUT2D eigenvalue weighted by Crippen LogP contribution is 2.49. The molecule has 0 aromatic heterocycles. The number of rotatable bonds is 36. The van der Waals surface area contributed by atoms with Crippen LogP contribution in [0.25, 0.3) is 0 Å². The first-order chi connectivity index (χ1) is 27.4. The van der Waals surface area contributed by atoms with Crippen molar-refractivity contribution in [2.75, 3.05) is 26.9 Å². The summed E-state index contributed by atoms with van der Waals surface area (Å²) < 4.78 is 22.4. The van der Waals surface area contributed by atoms with Gasteiger partial charge in [-0.2, -0.15) is 0 Å². The summed E-state index contributed by atoms with van der Waals surface area (Å²) in [6, 6.07) is 0. The van der Waals surface area contributed by atoms with Gasteiger partial charge in [-0.15, -0.1) is 5.10 Å². The molecule has 0 radical (unpaired) electrons. The molecule has 0 saturated carbocycles. The number of guanidine groups is 1. The molecule has 0 fully saturated rings. The Labute approximate surface area is 352 Å². The van der Waals surface area contributed by atoms with Gasteiger partial charge < -0.3 is 35.5 Å². The molecule has 58 heavy (non-hydrogen) atoms. The van der Waals surface area contributed by atoms with Crippen LogP contribution < -0.4 is 16.9 Å². The Bertz CT molecular complexity index is 1190. The van der Waals surface area contributed by atoms with Gasteiger partial charge in [-0.25, -0.2) is 0 Å². The number of methoxy groups -OCH3 is 1. The summed E-state index contributed by atoms with van der Waals surface area (Å²) in [5, 5.41) is 13.6. The van der Waals surface area contributed by atoms with Crippen LogP contribution in [0.15, 0.2) is 5.10 Å². The summed E-state index contributed by atoms with van der Waals surface area (Å²) in [6.45, 7) is 15.0. The second-order valence-electron chi connectivity index (χ2n) is 18.0. The van der Waals surface area contributed by atoms with Crippen molar-refractivity contribution < 1.29 is 43.2 Å². The lowest BCUT2D eigenvalue weighted by Crippen LogP contribution is -2.47. The minimum atomic E-state index is -1.36. The number of hydrazone groups is 1. The molecule has 0 saturated heterocycles. The normalized spacial score (nSPS) is 15.2. The predicted molar refractivity (Wildman–Crippen MR) is 231 cm³/mol.